The van der Waals surface area contributed by atoms with Crippen LogP contribution in [0.15, 0.2) is 42.5 Å². The molecule has 0 aromatic heterocycles. The molecule has 0 atom stereocenters. The molecule has 0 bridgehead atoms. The number of hydrogen-bond acceptors (Lipinski definition) is 5. The molecule has 0 spiro atoms. The van der Waals surface area contributed by atoms with Crippen molar-refractivity contribution in [2.75, 3.05) is 26.9 Å². The first-order valence-electron chi connectivity index (χ1n) is 8.79. The van der Waals surface area contributed by atoms with Gasteiger partial charge in [0.25, 0.3) is 0 Å². The predicted molar refractivity (Wildman–Crippen MR) is 99.5 cm³/mol. The van der Waals surface area contributed by atoms with Gasteiger partial charge in [0.1, 0.15) is 25.6 Å². The molecule has 29 heavy (non-hydrogen) atoms. The van der Waals surface area contributed by atoms with Crippen LogP contribution in [0.3, 0.4) is 0 Å². The van der Waals surface area contributed by atoms with E-state index in [9.17, 15) is 18.0 Å². The predicted octanol–water partition coefficient (Wildman–Crippen LogP) is 4.44. The van der Waals surface area contributed by atoms with Crippen molar-refractivity contribution < 1.29 is 36.9 Å². The van der Waals surface area contributed by atoms with E-state index in [4.69, 9.17) is 18.9 Å². The maximum absolute atomic E-state index is 12.4. The van der Waals surface area contributed by atoms with Crippen LogP contribution in [0.4, 0.5) is 13.2 Å². The number of ether oxygens (including phenoxy) is 4. The Morgan fingerprint density at radius 3 is 2.59 bits per heavy atom. The van der Waals surface area contributed by atoms with Crippen molar-refractivity contribution in [3.8, 4) is 17.2 Å². The summed E-state index contributed by atoms with van der Waals surface area (Å²) in [5.74, 6) is 1.27. The van der Waals surface area contributed by atoms with Crippen molar-refractivity contribution >= 4 is 11.9 Å². The molecule has 0 aliphatic carbocycles. The Hall–Kier alpha value is -3.00. The highest BCUT2D eigenvalue weighted by atomic mass is 19.4. The van der Waals surface area contributed by atoms with Gasteiger partial charge in [-0.2, -0.15) is 13.2 Å². The van der Waals surface area contributed by atoms with Gasteiger partial charge in [-0.1, -0.05) is 12.1 Å². The zero-order valence-corrected chi connectivity index (χ0v) is 15.6. The summed E-state index contributed by atoms with van der Waals surface area (Å²) in [7, 11) is 1.42. The van der Waals surface area contributed by atoms with E-state index < -0.39 is 12.8 Å². The van der Waals surface area contributed by atoms with E-state index in [-0.39, 0.29) is 12.4 Å². The minimum Gasteiger partial charge on any atom is -0.496 e. The van der Waals surface area contributed by atoms with Gasteiger partial charge in [-0.25, -0.2) is 0 Å². The number of halogens is 3. The van der Waals surface area contributed by atoms with E-state index in [1.165, 1.54) is 13.2 Å². The maximum atomic E-state index is 12.4. The van der Waals surface area contributed by atoms with Crippen molar-refractivity contribution in [1.82, 2.24) is 0 Å². The Balaban J connectivity index is 1.71. The third-order valence-corrected chi connectivity index (χ3v) is 4.08. The fourth-order valence-corrected chi connectivity index (χ4v) is 2.76. The maximum Gasteiger partial charge on any atom is 0.411 e. The molecular formula is C21H19F3O5. The van der Waals surface area contributed by atoms with Crippen LogP contribution in [0.5, 0.6) is 17.2 Å². The molecule has 0 radical (unpaired) electrons. The van der Waals surface area contributed by atoms with Gasteiger partial charge >= 0.3 is 6.18 Å². The van der Waals surface area contributed by atoms with Gasteiger partial charge in [-0.05, 0) is 42.0 Å². The molecule has 1 aliphatic heterocycles. The van der Waals surface area contributed by atoms with Crippen LogP contribution < -0.4 is 14.2 Å². The topological polar surface area (TPSA) is 54.0 Å². The summed E-state index contributed by atoms with van der Waals surface area (Å²) >= 11 is 0. The summed E-state index contributed by atoms with van der Waals surface area (Å²) in [6, 6.07) is 9.86. The highest BCUT2D eigenvalue weighted by Crippen LogP contribution is 2.31. The largest absolute Gasteiger partial charge is 0.496 e. The van der Waals surface area contributed by atoms with Gasteiger partial charge in [0, 0.05) is 11.1 Å². The van der Waals surface area contributed by atoms with Gasteiger partial charge in [-0.15, -0.1) is 0 Å². The number of benzene rings is 2. The lowest BCUT2D eigenvalue weighted by Gasteiger charge is -2.18. The lowest BCUT2D eigenvalue weighted by Crippen LogP contribution is -2.16. The first kappa shape index (κ1) is 20.7. The van der Waals surface area contributed by atoms with E-state index >= 15 is 0 Å². The summed E-state index contributed by atoms with van der Waals surface area (Å²) in [4.78, 5) is 12.4. The number of fused-ring (bicyclic) bond motifs is 1. The molecule has 0 saturated heterocycles. The van der Waals surface area contributed by atoms with Crippen LogP contribution in [0.1, 0.15) is 21.5 Å². The van der Waals surface area contributed by atoms with Crippen LogP contribution in [0, 0.1) is 0 Å². The van der Waals surface area contributed by atoms with Crippen molar-refractivity contribution in [3.05, 3.63) is 59.2 Å². The molecule has 0 N–H and O–H groups in total. The average molecular weight is 408 g/mol. The summed E-state index contributed by atoms with van der Waals surface area (Å²) in [6.07, 6.45) is -1.44. The van der Waals surface area contributed by atoms with Gasteiger partial charge in [0.15, 0.2) is 17.3 Å². The zero-order valence-electron chi connectivity index (χ0n) is 15.6. The van der Waals surface area contributed by atoms with Crippen LogP contribution >= 0.6 is 0 Å². The van der Waals surface area contributed by atoms with E-state index in [0.29, 0.717) is 47.2 Å². The summed E-state index contributed by atoms with van der Waals surface area (Å²) in [5, 5.41) is 0. The summed E-state index contributed by atoms with van der Waals surface area (Å²) in [5.41, 5.74) is 1.51. The van der Waals surface area contributed by atoms with E-state index in [0.717, 1.165) is 0 Å². The standard InChI is InChI=1S/C21H19F3O5/c1-26-18-6-3-14(10-16(18)12-27-13-21(22,23)24)2-5-17(25)15-4-7-19-20(11-15)29-9-8-28-19/h2-7,10-11H,8-9,12-13H2,1H3/b5-2+. The number of methoxy groups -OCH3 is 1. The molecule has 3 rings (SSSR count). The van der Waals surface area contributed by atoms with Crippen LogP contribution in [-0.4, -0.2) is 38.9 Å². The third-order valence-electron chi connectivity index (χ3n) is 4.08. The van der Waals surface area contributed by atoms with Crippen molar-refractivity contribution in [1.29, 1.82) is 0 Å². The number of carbonyl (C=O) groups excluding carboxylic acids is 1. The molecule has 2 aromatic carbocycles. The summed E-state index contributed by atoms with van der Waals surface area (Å²) < 4.78 is 57.6. The second-order valence-electron chi connectivity index (χ2n) is 6.24. The molecule has 2 aromatic rings. The van der Waals surface area contributed by atoms with Crippen LogP contribution in [0.25, 0.3) is 6.08 Å². The number of allylic oxidation sites excluding steroid dienone is 1. The normalized spacial score (nSPS) is 13.5. The molecule has 0 saturated carbocycles. The molecule has 0 amide bonds. The van der Waals surface area contributed by atoms with Crippen LogP contribution in [-0.2, 0) is 11.3 Å². The smallest absolute Gasteiger partial charge is 0.411 e. The minimum absolute atomic E-state index is 0.243. The number of hydrogen-bond donors (Lipinski definition) is 0. The quantitative estimate of drug-likeness (QED) is 0.501. The molecule has 154 valence electrons. The Morgan fingerprint density at radius 2 is 1.86 bits per heavy atom. The first-order valence-corrected chi connectivity index (χ1v) is 8.79. The van der Waals surface area contributed by atoms with Crippen LogP contribution in [0.2, 0.25) is 0 Å². The molecule has 0 unspecified atom stereocenters. The third kappa shape index (κ3) is 5.74. The molecule has 0 fully saturated rings. The molecule has 5 nitrogen and oxygen atoms in total. The highest BCUT2D eigenvalue weighted by Gasteiger charge is 2.27. The Kier molecular flexibility index (Phi) is 6.43. The Morgan fingerprint density at radius 1 is 1.10 bits per heavy atom. The van der Waals surface area contributed by atoms with Crippen molar-refractivity contribution in [3.63, 3.8) is 0 Å². The fraction of sp³-hybridized carbons (Fsp3) is 0.286. The zero-order chi connectivity index (χ0) is 20.9. The fourth-order valence-electron chi connectivity index (χ4n) is 2.76. The Labute approximate surface area is 165 Å². The molecule has 1 aliphatic rings. The molecule has 8 heteroatoms. The number of rotatable bonds is 7. The van der Waals surface area contributed by atoms with Crippen molar-refractivity contribution in [2.24, 2.45) is 0 Å². The lowest BCUT2D eigenvalue weighted by molar-refractivity contribution is -0.176. The van der Waals surface area contributed by atoms with Crippen molar-refractivity contribution in [2.45, 2.75) is 12.8 Å². The van der Waals surface area contributed by atoms with Gasteiger partial charge in [0.05, 0.1) is 13.7 Å². The Bertz CT molecular complexity index is 906. The van der Waals surface area contributed by atoms with E-state index in [2.05, 4.69) is 0 Å². The van der Waals surface area contributed by atoms with E-state index in [1.54, 1.807) is 42.5 Å². The SMILES string of the molecule is COc1ccc(/C=C/C(=O)c2ccc3c(c2)OCCO3)cc1COCC(F)(F)F. The molecular weight excluding hydrogens is 389 g/mol. The van der Waals surface area contributed by atoms with Gasteiger partial charge < -0.3 is 18.9 Å². The second kappa shape index (κ2) is 9.00. The van der Waals surface area contributed by atoms with Gasteiger partial charge in [-0.3, -0.25) is 4.79 Å². The number of alkyl halides is 3. The summed E-state index contributed by atoms with van der Waals surface area (Å²) in [6.45, 7) is -0.725. The minimum atomic E-state index is -4.40. The van der Waals surface area contributed by atoms with Gasteiger partial charge in [0.2, 0.25) is 0 Å². The number of carbonyl (C=O) groups is 1. The second-order valence-corrected chi connectivity index (χ2v) is 6.24. The lowest BCUT2D eigenvalue weighted by atomic mass is 10.1. The number of ketones is 1. The average Bonchev–Trinajstić information content (AvgIpc) is 2.71. The monoisotopic (exact) mass is 408 g/mol. The highest BCUT2D eigenvalue weighted by molar-refractivity contribution is 6.07. The first-order chi connectivity index (χ1) is 13.9. The molecule has 1 heterocycles. The van der Waals surface area contributed by atoms with E-state index in [1.807, 2.05) is 0 Å².